The number of carbonyl (C=O) groups is 1. The van der Waals surface area contributed by atoms with Gasteiger partial charge < -0.3 is 4.74 Å². The summed E-state index contributed by atoms with van der Waals surface area (Å²) in [5, 5.41) is 0. The van der Waals surface area contributed by atoms with Crippen molar-refractivity contribution in [3.8, 4) is 0 Å². The molecule has 0 N–H and O–H groups in total. The lowest BCUT2D eigenvalue weighted by molar-refractivity contribution is -0.173. The van der Waals surface area contributed by atoms with E-state index in [1.807, 2.05) is 0 Å². The monoisotopic (exact) mass is 244 g/mol. The van der Waals surface area contributed by atoms with Crippen LogP contribution in [0, 0.1) is 5.41 Å². The maximum absolute atomic E-state index is 12.8. The third-order valence-corrected chi connectivity index (χ3v) is 2.43. The van der Waals surface area contributed by atoms with E-state index in [0.717, 1.165) is 0 Å². The first kappa shape index (κ1) is 15.2. The lowest BCUT2D eigenvalue weighted by atomic mass is 9.91. The largest absolute Gasteiger partial charge is 0.459 e. The van der Waals surface area contributed by atoms with E-state index in [4.69, 9.17) is 0 Å². The van der Waals surface area contributed by atoms with E-state index in [9.17, 15) is 22.4 Å². The summed E-state index contributed by atoms with van der Waals surface area (Å²) < 4.78 is 54.0. The number of esters is 1. The molecule has 0 fully saturated rings. The Labute approximate surface area is 92.0 Å². The van der Waals surface area contributed by atoms with Gasteiger partial charge in [-0.15, -0.1) is 0 Å². The van der Waals surface area contributed by atoms with Gasteiger partial charge >= 0.3 is 11.9 Å². The molecule has 0 aromatic carbocycles. The highest BCUT2D eigenvalue weighted by Crippen LogP contribution is 2.26. The summed E-state index contributed by atoms with van der Waals surface area (Å²) in [5.41, 5.74) is -0.905. The fourth-order valence-electron chi connectivity index (χ4n) is 0.705. The van der Waals surface area contributed by atoms with Gasteiger partial charge in [-0.3, -0.25) is 4.79 Å². The molecule has 0 spiro atoms. The number of hydrogen-bond donors (Lipinski definition) is 0. The van der Waals surface area contributed by atoms with Gasteiger partial charge in [-0.25, -0.2) is 8.78 Å². The van der Waals surface area contributed by atoms with Crippen LogP contribution >= 0.6 is 0 Å². The molecule has 0 aromatic heterocycles. The number of carbonyl (C=O) groups excluding carboxylic acids is 1. The van der Waals surface area contributed by atoms with Crippen LogP contribution in [-0.4, -0.2) is 31.3 Å². The van der Waals surface area contributed by atoms with Crippen LogP contribution in [0.25, 0.3) is 0 Å². The van der Waals surface area contributed by atoms with Crippen molar-refractivity contribution < 1.29 is 27.1 Å². The average Bonchev–Trinajstić information content (AvgIpc) is 2.24. The van der Waals surface area contributed by atoms with Crippen LogP contribution in [0.4, 0.5) is 17.6 Å². The number of halogens is 4. The van der Waals surface area contributed by atoms with Gasteiger partial charge in [0.15, 0.2) is 12.8 Å². The van der Waals surface area contributed by atoms with Crippen LogP contribution in [-0.2, 0) is 9.53 Å². The predicted octanol–water partition coefficient (Wildman–Crippen LogP) is 2.91. The molecule has 0 saturated heterocycles. The summed E-state index contributed by atoms with van der Waals surface area (Å²) >= 11 is 0. The molecular formula is C10H16F4O2. The Hall–Kier alpha value is -0.810. The van der Waals surface area contributed by atoms with E-state index in [1.165, 1.54) is 13.8 Å². The van der Waals surface area contributed by atoms with E-state index < -0.39 is 36.8 Å². The molecule has 0 amide bonds. The van der Waals surface area contributed by atoms with Gasteiger partial charge in [0, 0.05) is 0 Å². The van der Waals surface area contributed by atoms with Crippen molar-refractivity contribution in [2.45, 2.75) is 39.3 Å². The van der Waals surface area contributed by atoms with E-state index in [-0.39, 0.29) is 0 Å². The minimum Gasteiger partial charge on any atom is -0.459 e. The van der Waals surface area contributed by atoms with Crippen LogP contribution in [0.3, 0.4) is 0 Å². The molecule has 16 heavy (non-hydrogen) atoms. The second-order valence-electron chi connectivity index (χ2n) is 4.20. The summed E-state index contributed by atoms with van der Waals surface area (Å²) in [7, 11) is 0. The van der Waals surface area contributed by atoms with Gasteiger partial charge in [-0.2, -0.15) is 8.78 Å². The lowest BCUT2D eigenvalue weighted by Crippen LogP contribution is -2.39. The molecule has 0 radical (unpaired) electrons. The number of alkyl halides is 4. The molecule has 0 aliphatic rings. The fraction of sp³-hybridized carbons (Fsp3) is 0.900. The maximum atomic E-state index is 12.8. The molecule has 0 aliphatic heterocycles. The third-order valence-electron chi connectivity index (χ3n) is 2.43. The molecule has 1 atom stereocenters. The van der Waals surface area contributed by atoms with Gasteiger partial charge in [-0.1, -0.05) is 6.92 Å². The number of rotatable bonds is 6. The zero-order valence-corrected chi connectivity index (χ0v) is 9.53. The quantitative estimate of drug-likeness (QED) is 0.530. The lowest BCUT2D eigenvalue weighted by Gasteiger charge is -2.23. The van der Waals surface area contributed by atoms with E-state index in [0.29, 0.717) is 6.42 Å². The Morgan fingerprint density at radius 1 is 1.38 bits per heavy atom. The smallest absolute Gasteiger partial charge is 0.314 e. The predicted molar refractivity (Wildman–Crippen MR) is 50.8 cm³/mol. The van der Waals surface area contributed by atoms with Crippen LogP contribution in [0.1, 0.15) is 27.2 Å². The molecule has 6 heteroatoms. The summed E-state index contributed by atoms with van der Waals surface area (Å²) in [4.78, 5) is 11.3. The van der Waals surface area contributed by atoms with Gasteiger partial charge in [0.2, 0.25) is 0 Å². The topological polar surface area (TPSA) is 26.3 Å². The van der Waals surface area contributed by atoms with E-state index in [1.54, 1.807) is 6.92 Å². The molecule has 0 aromatic rings. The fourth-order valence-corrected chi connectivity index (χ4v) is 0.705. The van der Waals surface area contributed by atoms with Crippen molar-refractivity contribution in [3.05, 3.63) is 0 Å². The third kappa shape index (κ3) is 3.98. The zero-order chi connectivity index (χ0) is 13.0. The van der Waals surface area contributed by atoms with Gasteiger partial charge in [0.05, 0.1) is 5.41 Å². The van der Waals surface area contributed by atoms with Crippen molar-refractivity contribution in [1.82, 2.24) is 0 Å². The second kappa shape index (κ2) is 5.50. The highest BCUT2D eigenvalue weighted by molar-refractivity contribution is 5.75. The molecule has 0 rings (SSSR count). The molecule has 0 bridgehead atoms. The number of ether oxygens (including phenoxy) is 1. The molecule has 96 valence electrons. The van der Waals surface area contributed by atoms with Crippen LogP contribution in [0.2, 0.25) is 0 Å². The van der Waals surface area contributed by atoms with Crippen LogP contribution in [0.15, 0.2) is 0 Å². The van der Waals surface area contributed by atoms with E-state index >= 15 is 0 Å². The first-order valence-electron chi connectivity index (χ1n) is 4.92. The Morgan fingerprint density at radius 3 is 2.25 bits per heavy atom. The minimum atomic E-state index is -3.98. The SMILES string of the molecule is CCC(C)(C)C(=O)OCC(F)(F)C(F)CF. The molecule has 1 unspecified atom stereocenters. The van der Waals surface area contributed by atoms with Crippen LogP contribution < -0.4 is 0 Å². The highest BCUT2D eigenvalue weighted by Gasteiger charge is 2.42. The van der Waals surface area contributed by atoms with Crippen molar-refractivity contribution in [2.24, 2.45) is 5.41 Å². The molecule has 2 nitrogen and oxygen atoms in total. The second-order valence-corrected chi connectivity index (χ2v) is 4.20. The summed E-state index contributed by atoms with van der Waals surface area (Å²) in [6.07, 6.45) is -2.54. The zero-order valence-electron chi connectivity index (χ0n) is 9.53. The van der Waals surface area contributed by atoms with Crippen LogP contribution in [0.5, 0.6) is 0 Å². The standard InChI is InChI=1S/C10H16F4O2/c1-4-9(2,3)8(15)16-6-10(13,14)7(12)5-11/h7H,4-6H2,1-3H3. The Balaban J connectivity index is 4.30. The minimum absolute atomic E-state index is 0.402. The summed E-state index contributed by atoms with van der Waals surface area (Å²) in [6, 6.07) is 0. The Bertz CT molecular complexity index is 241. The summed E-state index contributed by atoms with van der Waals surface area (Å²) in [5.74, 6) is -4.82. The molecule has 0 saturated carbocycles. The first-order valence-corrected chi connectivity index (χ1v) is 4.92. The normalized spacial score (nSPS) is 14.7. The van der Waals surface area contributed by atoms with Crippen molar-refractivity contribution >= 4 is 5.97 Å². The summed E-state index contributed by atoms with van der Waals surface area (Å²) in [6.45, 7) is 1.51. The van der Waals surface area contributed by atoms with Gasteiger partial charge in [0.25, 0.3) is 0 Å². The van der Waals surface area contributed by atoms with Crippen molar-refractivity contribution in [3.63, 3.8) is 0 Å². The molecule has 0 aliphatic carbocycles. The number of hydrogen-bond acceptors (Lipinski definition) is 2. The molecular weight excluding hydrogens is 228 g/mol. The Morgan fingerprint density at radius 2 is 1.88 bits per heavy atom. The molecule has 0 heterocycles. The van der Waals surface area contributed by atoms with E-state index in [2.05, 4.69) is 4.74 Å². The van der Waals surface area contributed by atoms with Gasteiger partial charge in [-0.05, 0) is 20.3 Å². The average molecular weight is 244 g/mol. The van der Waals surface area contributed by atoms with Gasteiger partial charge in [0.1, 0.15) is 6.67 Å². The Kier molecular flexibility index (Phi) is 5.22. The van der Waals surface area contributed by atoms with Crippen molar-refractivity contribution in [2.75, 3.05) is 13.3 Å². The highest BCUT2D eigenvalue weighted by atomic mass is 19.3. The van der Waals surface area contributed by atoms with Crippen molar-refractivity contribution in [1.29, 1.82) is 0 Å². The maximum Gasteiger partial charge on any atom is 0.314 e. The first-order chi connectivity index (χ1) is 7.17.